The quantitative estimate of drug-likeness (QED) is 0.299. The minimum Gasteiger partial charge on any atom is -0.392 e. The topological polar surface area (TPSA) is 160 Å². The Balaban J connectivity index is 2.75. The zero-order valence-corrected chi connectivity index (χ0v) is 15.5. The molecule has 0 aromatic heterocycles. The Morgan fingerprint density at radius 2 is 1.81 bits per heavy atom. The maximum absolute atomic E-state index is 12.6. The molecule has 1 aromatic carbocycles. The van der Waals surface area contributed by atoms with Crippen LogP contribution in [0.5, 0.6) is 0 Å². The van der Waals surface area contributed by atoms with Crippen molar-refractivity contribution in [1.29, 1.82) is 0 Å². The summed E-state index contributed by atoms with van der Waals surface area (Å²) < 4.78 is 0. The lowest BCUT2D eigenvalue weighted by Gasteiger charge is -2.21. The van der Waals surface area contributed by atoms with Gasteiger partial charge in [0.2, 0.25) is 11.8 Å². The molecule has 0 radical (unpaired) electrons. The third kappa shape index (κ3) is 8.06. The fourth-order valence-corrected chi connectivity index (χ4v) is 2.46. The predicted octanol–water partition coefficient (Wildman–Crippen LogP) is 0.0356. The van der Waals surface area contributed by atoms with E-state index in [2.05, 4.69) is 16.0 Å². The van der Waals surface area contributed by atoms with Crippen molar-refractivity contribution in [3.8, 4) is 0 Å². The van der Waals surface area contributed by atoms with Gasteiger partial charge in [0.25, 0.3) is 0 Å². The van der Waals surface area contributed by atoms with E-state index in [0.717, 1.165) is 5.56 Å². The van der Waals surface area contributed by atoms with Crippen molar-refractivity contribution in [2.75, 3.05) is 18.4 Å². The van der Waals surface area contributed by atoms with Crippen LogP contribution in [-0.2, 0) is 16.2 Å². The normalized spacial score (nSPS) is 12.7. The van der Waals surface area contributed by atoms with E-state index in [0.29, 0.717) is 31.5 Å². The number of aliphatic hydroxyl groups is 1. The number of primary amides is 1. The Morgan fingerprint density at radius 1 is 1.15 bits per heavy atom. The van der Waals surface area contributed by atoms with Gasteiger partial charge in [-0.05, 0) is 37.0 Å². The Bertz CT molecular complexity index is 617. The Labute approximate surface area is 158 Å². The summed E-state index contributed by atoms with van der Waals surface area (Å²) in [5.74, 6) is -1.02. The average molecular weight is 379 g/mol. The molecule has 0 saturated heterocycles. The summed E-state index contributed by atoms with van der Waals surface area (Å²) in [6.07, 6.45) is 1.36. The number of nitrogens with one attached hydrogen (secondary N) is 3. The zero-order valence-electron chi connectivity index (χ0n) is 15.5. The number of nitrogens with two attached hydrogens (primary N) is 2. The molecule has 150 valence electrons. The van der Waals surface area contributed by atoms with Gasteiger partial charge in [-0.25, -0.2) is 4.79 Å². The lowest BCUT2D eigenvalue weighted by atomic mass is 10.0. The second kappa shape index (κ2) is 11.9. The second-order valence-corrected chi connectivity index (χ2v) is 6.18. The fraction of sp³-hybridized carbons (Fsp3) is 0.500. The van der Waals surface area contributed by atoms with Gasteiger partial charge in [-0.15, -0.1) is 0 Å². The van der Waals surface area contributed by atoms with Gasteiger partial charge in [0, 0.05) is 24.7 Å². The first-order valence-corrected chi connectivity index (χ1v) is 8.95. The molecule has 0 aliphatic heterocycles. The Kier molecular flexibility index (Phi) is 9.84. The summed E-state index contributed by atoms with van der Waals surface area (Å²) in [4.78, 5) is 35.7. The first-order chi connectivity index (χ1) is 12.9. The Hall–Kier alpha value is -2.65. The monoisotopic (exact) mass is 379 g/mol. The largest absolute Gasteiger partial charge is 0.392 e. The minimum absolute atomic E-state index is 0.0860. The maximum atomic E-state index is 12.6. The summed E-state index contributed by atoms with van der Waals surface area (Å²) in [6.45, 7) is 2.26. The molecule has 27 heavy (non-hydrogen) atoms. The van der Waals surface area contributed by atoms with E-state index in [4.69, 9.17) is 16.6 Å². The van der Waals surface area contributed by atoms with E-state index in [1.54, 1.807) is 24.3 Å². The van der Waals surface area contributed by atoms with E-state index < -0.39 is 12.1 Å². The maximum Gasteiger partial charge on any atom is 0.312 e. The number of amides is 4. The van der Waals surface area contributed by atoms with Crippen LogP contribution in [0.1, 0.15) is 31.7 Å². The molecule has 1 rings (SSSR count). The van der Waals surface area contributed by atoms with Crippen LogP contribution in [0.25, 0.3) is 0 Å². The number of aliphatic hydroxyl groups excluding tert-OH is 1. The highest BCUT2D eigenvalue weighted by molar-refractivity contribution is 5.97. The second-order valence-electron chi connectivity index (χ2n) is 6.18. The standard InChI is InChI=1S/C18H29N5O4/c1-2-13(10-19)16(25)23-15(4-3-9-21-18(20)27)17(26)22-14-7-5-12(11-24)6-8-14/h5-8,13,15,24H,2-4,9-11,19H2,1H3,(H,22,26)(H,23,25)(H3,20,21,27)/t13-,15?/m0/s1. The van der Waals surface area contributed by atoms with E-state index in [1.165, 1.54) is 0 Å². The Morgan fingerprint density at radius 3 is 2.33 bits per heavy atom. The lowest BCUT2D eigenvalue weighted by molar-refractivity contribution is -0.129. The summed E-state index contributed by atoms with van der Waals surface area (Å²) >= 11 is 0. The number of hydrogen-bond donors (Lipinski definition) is 6. The third-order valence-corrected chi connectivity index (χ3v) is 4.15. The number of carbonyl (C=O) groups is 3. The number of rotatable bonds is 11. The summed E-state index contributed by atoms with van der Waals surface area (Å²) in [5, 5.41) is 17.0. The van der Waals surface area contributed by atoms with Crippen LogP contribution >= 0.6 is 0 Å². The predicted molar refractivity (Wildman–Crippen MR) is 103 cm³/mol. The number of urea groups is 1. The molecule has 2 atom stereocenters. The van der Waals surface area contributed by atoms with Crippen LogP contribution in [0, 0.1) is 5.92 Å². The summed E-state index contributed by atoms with van der Waals surface area (Å²) in [5.41, 5.74) is 11.9. The molecular formula is C18H29N5O4. The van der Waals surface area contributed by atoms with Crippen molar-refractivity contribution in [2.45, 2.75) is 38.8 Å². The van der Waals surface area contributed by atoms with Crippen molar-refractivity contribution in [3.05, 3.63) is 29.8 Å². The SMILES string of the molecule is CC[C@@H](CN)C(=O)NC(CCCNC(N)=O)C(=O)Nc1ccc(CO)cc1. The van der Waals surface area contributed by atoms with Gasteiger partial charge in [0.05, 0.1) is 6.61 Å². The highest BCUT2D eigenvalue weighted by Crippen LogP contribution is 2.11. The van der Waals surface area contributed by atoms with Gasteiger partial charge < -0.3 is 32.5 Å². The average Bonchev–Trinajstić information content (AvgIpc) is 2.65. The van der Waals surface area contributed by atoms with Gasteiger partial charge in [0.15, 0.2) is 0 Å². The van der Waals surface area contributed by atoms with Gasteiger partial charge in [0.1, 0.15) is 6.04 Å². The lowest BCUT2D eigenvalue weighted by Crippen LogP contribution is -2.47. The van der Waals surface area contributed by atoms with Crippen LogP contribution in [0.3, 0.4) is 0 Å². The van der Waals surface area contributed by atoms with E-state index in [1.807, 2.05) is 6.92 Å². The minimum atomic E-state index is -0.773. The fourth-order valence-electron chi connectivity index (χ4n) is 2.46. The van der Waals surface area contributed by atoms with Crippen LogP contribution in [0.15, 0.2) is 24.3 Å². The highest BCUT2D eigenvalue weighted by atomic mass is 16.3. The number of anilines is 1. The molecule has 0 aliphatic carbocycles. The molecule has 0 bridgehead atoms. The first-order valence-electron chi connectivity index (χ1n) is 8.95. The van der Waals surface area contributed by atoms with E-state index in [-0.39, 0.29) is 30.9 Å². The molecule has 0 heterocycles. The molecule has 0 saturated carbocycles. The van der Waals surface area contributed by atoms with Crippen LogP contribution in [-0.4, -0.2) is 42.1 Å². The van der Waals surface area contributed by atoms with Crippen LogP contribution in [0.2, 0.25) is 0 Å². The van der Waals surface area contributed by atoms with Gasteiger partial charge in [-0.3, -0.25) is 9.59 Å². The highest BCUT2D eigenvalue weighted by Gasteiger charge is 2.24. The van der Waals surface area contributed by atoms with Gasteiger partial charge >= 0.3 is 6.03 Å². The van der Waals surface area contributed by atoms with Crippen molar-refractivity contribution in [3.63, 3.8) is 0 Å². The van der Waals surface area contributed by atoms with Gasteiger partial charge in [-0.1, -0.05) is 19.1 Å². The van der Waals surface area contributed by atoms with Crippen LogP contribution < -0.4 is 27.4 Å². The summed E-state index contributed by atoms with van der Waals surface area (Å²) in [6, 6.07) is 5.32. The molecule has 1 unspecified atom stereocenters. The molecule has 0 fully saturated rings. The molecular weight excluding hydrogens is 350 g/mol. The number of benzene rings is 1. The number of carbonyl (C=O) groups excluding carboxylic acids is 3. The van der Waals surface area contributed by atoms with E-state index in [9.17, 15) is 14.4 Å². The molecule has 0 aliphatic rings. The molecule has 0 spiro atoms. The molecule has 9 nitrogen and oxygen atoms in total. The summed E-state index contributed by atoms with van der Waals surface area (Å²) in [7, 11) is 0. The van der Waals surface area contributed by atoms with Crippen molar-refractivity contribution >= 4 is 23.5 Å². The van der Waals surface area contributed by atoms with E-state index >= 15 is 0 Å². The number of hydrogen-bond acceptors (Lipinski definition) is 5. The molecule has 9 heteroatoms. The smallest absolute Gasteiger partial charge is 0.312 e. The zero-order chi connectivity index (χ0) is 20.2. The third-order valence-electron chi connectivity index (χ3n) is 4.15. The van der Waals surface area contributed by atoms with Gasteiger partial charge in [-0.2, -0.15) is 0 Å². The van der Waals surface area contributed by atoms with Crippen LogP contribution in [0.4, 0.5) is 10.5 Å². The molecule has 8 N–H and O–H groups in total. The molecule has 1 aromatic rings. The van der Waals surface area contributed by atoms with Crippen molar-refractivity contribution < 1.29 is 19.5 Å². The van der Waals surface area contributed by atoms with Crippen molar-refractivity contribution in [1.82, 2.24) is 10.6 Å². The molecule has 4 amide bonds. The first kappa shape index (κ1) is 22.4. The van der Waals surface area contributed by atoms with Crippen molar-refractivity contribution in [2.24, 2.45) is 17.4 Å².